The van der Waals surface area contributed by atoms with Gasteiger partial charge in [-0.25, -0.2) is 0 Å². The van der Waals surface area contributed by atoms with Crippen molar-refractivity contribution in [1.29, 1.82) is 0 Å². The van der Waals surface area contributed by atoms with E-state index < -0.39 is 0 Å². The molecule has 0 bridgehead atoms. The fourth-order valence-corrected chi connectivity index (χ4v) is 6.21. The van der Waals surface area contributed by atoms with E-state index in [1.54, 1.807) is 0 Å². The third kappa shape index (κ3) is 2.86. The Morgan fingerprint density at radius 2 is 1.86 bits per heavy atom. The first kappa shape index (κ1) is 17.9. The summed E-state index contributed by atoms with van der Waals surface area (Å²) in [5.74, 6) is 0.841. The lowest BCUT2D eigenvalue weighted by atomic mass is 9.71. The largest absolute Gasteiger partial charge is 0.210 e. The lowest BCUT2D eigenvalue weighted by molar-refractivity contribution is -0.401. The van der Waals surface area contributed by atoms with E-state index in [0.29, 0.717) is 0 Å². The van der Waals surface area contributed by atoms with E-state index in [1.165, 1.54) is 64.7 Å². The van der Waals surface area contributed by atoms with E-state index in [1.807, 2.05) is 11.3 Å². The molecule has 1 fully saturated rings. The number of hydrogen-bond acceptors (Lipinski definition) is 1. The van der Waals surface area contributed by atoms with Crippen molar-refractivity contribution in [2.24, 2.45) is 5.92 Å². The number of allylic oxidation sites excluding steroid dienone is 1. The fourth-order valence-electron chi connectivity index (χ4n) is 5.59. The number of fused-ring (bicyclic) bond motifs is 3. The molecule has 28 heavy (non-hydrogen) atoms. The van der Waals surface area contributed by atoms with Gasteiger partial charge in [-0.2, -0.15) is 4.58 Å². The average Bonchev–Trinajstić information content (AvgIpc) is 3.44. The van der Waals surface area contributed by atoms with Crippen LogP contribution in [-0.4, -0.2) is 17.3 Å². The van der Waals surface area contributed by atoms with Gasteiger partial charge in [-0.1, -0.05) is 56.0 Å². The highest BCUT2D eigenvalue weighted by Gasteiger charge is 2.48. The Morgan fingerprint density at radius 1 is 1.04 bits per heavy atom. The Kier molecular flexibility index (Phi) is 4.47. The highest BCUT2D eigenvalue weighted by molar-refractivity contribution is 7.10. The first-order chi connectivity index (χ1) is 13.7. The molecule has 2 aliphatic rings. The minimum absolute atomic E-state index is 0.0632. The summed E-state index contributed by atoms with van der Waals surface area (Å²) in [5, 5.41) is 4.94. The summed E-state index contributed by atoms with van der Waals surface area (Å²) in [6.07, 6.45) is 11.5. The van der Waals surface area contributed by atoms with Crippen molar-refractivity contribution in [2.75, 3.05) is 7.05 Å². The summed E-state index contributed by atoms with van der Waals surface area (Å²) in [6, 6.07) is 17.9. The Hall–Kier alpha value is -2.19. The van der Waals surface area contributed by atoms with E-state index in [-0.39, 0.29) is 5.41 Å². The summed E-state index contributed by atoms with van der Waals surface area (Å²) in [4.78, 5) is 1.32. The summed E-state index contributed by atoms with van der Waals surface area (Å²) >= 11 is 1.81. The normalized spacial score (nSPS) is 22.6. The molecular weight excluding hydrogens is 358 g/mol. The summed E-state index contributed by atoms with van der Waals surface area (Å²) in [6.45, 7) is 2.49. The van der Waals surface area contributed by atoms with Gasteiger partial charge in [-0.15, -0.1) is 11.3 Å². The number of hydrogen-bond donors (Lipinski definition) is 0. The van der Waals surface area contributed by atoms with Crippen molar-refractivity contribution in [2.45, 2.75) is 44.4 Å². The first-order valence-electron chi connectivity index (χ1n) is 10.5. The second-order valence-corrected chi connectivity index (χ2v) is 9.64. The van der Waals surface area contributed by atoms with Gasteiger partial charge in [0.15, 0.2) is 5.71 Å². The van der Waals surface area contributed by atoms with Crippen LogP contribution in [0.25, 0.3) is 16.8 Å². The third-order valence-corrected chi connectivity index (χ3v) is 7.70. The molecule has 1 saturated carbocycles. The average molecular weight is 387 g/mol. The van der Waals surface area contributed by atoms with Gasteiger partial charge in [0.1, 0.15) is 7.05 Å². The van der Waals surface area contributed by atoms with Crippen LogP contribution in [0.1, 0.15) is 49.5 Å². The van der Waals surface area contributed by atoms with Gasteiger partial charge in [-0.3, -0.25) is 0 Å². The monoisotopic (exact) mass is 386 g/mol. The van der Waals surface area contributed by atoms with Gasteiger partial charge >= 0.3 is 0 Å². The van der Waals surface area contributed by atoms with Crippen molar-refractivity contribution in [3.63, 3.8) is 0 Å². The number of thiophene rings is 1. The molecule has 2 heteroatoms. The maximum atomic E-state index is 2.49. The zero-order chi connectivity index (χ0) is 19.1. The summed E-state index contributed by atoms with van der Waals surface area (Å²) < 4.78 is 2.45. The maximum Gasteiger partial charge on any atom is 0.210 e. The Labute approximate surface area is 172 Å². The molecule has 2 heterocycles. The molecular formula is C26H28NS+. The van der Waals surface area contributed by atoms with E-state index in [2.05, 4.69) is 84.6 Å². The minimum Gasteiger partial charge on any atom is -0.198 e. The zero-order valence-electron chi connectivity index (χ0n) is 16.8. The number of nitrogens with zero attached hydrogens (tertiary/aromatic N) is 1. The second-order valence-electron chi connectivity index (χ2n) is 8.66. The van der Waals surface area contributed by atoms with Crippen LogP contribution >= 0.6 is 11.3 Å². The zero-order valence-corrected chi connectivity index (χ0v) is 17.6. The Balaban J connectivity index is 1.68. The molecule has 1 unspecified atom stereocenters. The molecule has 0 saturated heterocycles. The smallest absolute Gasteiger partial charge is 0.198 e. The van der Waals surface area contributed by atoms with Gasteiger partial charge in [0.05, 0.1) is 5.41 Å². The van der Waals surface area contributed by atoms with E-state index >= 15 is 0 Å². The minimum atomic E-state index is 0.0632. The van der Waals surface area contributed by atoms with Gasteiger partial charge in [0.2, 0.25) is 5.69 Å². The third-order valence-electron chi connectivity index (χ3n) is 6.87. The van der Waals surface area contributed by atoms with Crippen LogP contribution in [0.3, 0.4) is 0 Å². The number of rotatable bonds is 4. The van der Waals surface area contributed by atoms with Crippen LogP contribution in [-0.2, 0) is 5.41 Å². The quantitative estimate of drug-likeness (QED) is 0.418. The lowest BCUT2D eigenvalue weighted by Crippen LogP contribution is -2.33. The van der Waals surface area contributed by atoms with Crippen molar-refractivity contribution >= 4 is 39.6 Å². The lowest BCUT2D eigenvalue weighted by Gasteiger charge is -2.27. The van der Waals surface area contributed by atoms with Crippen molar-refractivity contribution in [3.05, 3.63) is 70.4 Å². The Morgan fingerprint density at radius 3 is 2.64 bits per heavy atom. The summed E-state index contributed by atoms with van der Waals surface area (Å²) in [5.41, 5.74) is 4.42. The Bertz CT molecular complexity index is 1070. The van der Waals surface area contributed by atoms with E-state index in [0.717, 1.165) is 5.92 Å². The highest BCUT2D eigenvalue weighted by Crippen LogP contribution is 2.49. The standard InChI is InChI=1S/C26H28NS/c1-26(18-19-8-3-4-9-19)24(16-14-21-11-7-17-28-21)27(2)23-15-13-20-10-5-6-12-22(20)25(23)26/h5-7,10-17,19H,3-4,8-9,18H2,1-2H3/q+1. The van der Waals surface area contributed by atoms with E-state index in [9.17, 15) is 0 Å². The molecule has 2 aromatic carbocycles. The predicted octanol–water partition coefficient (Wildman–Crippen LogP) is 7.18. The van der Waals surface area contributed by atoms with E-state index in [4.69, 9.17) is 0 Å². The molecule has 0 spiro atoms. The van der Waals surface area contributed by atoms with Crippen molar-refractivity contribution < 1.29 is 4.58 Å². The van der Waals surface area contributed by atoms with Crippen LogP contribution in [0.4, 0.5) is 5.69 Å². The molecule has 1 aliphatic heterocycles. The fraction of sp³-hybridized carbons (Fsp3) is 0.346. The van der Waals surface area contributed by atoms with Gasteiger partial charge < -0.3 is 0 Å². The number of benzene rings is 2. The maximum absolute atomic E-state index is 2.49. The van der Waals surface area contributed by atoms with Crippen LogP contribution in [0.2, 0.25) is 0 Å². The molecule has 142 valence electrons. The second kappa shape index (κ2) is 7.00. The highest BCUT2D eigenvalue weighted by atomic mass is 32.1. The van der Waals surface area contributed by atoms with Gasteiger partial charge in [-0.05, 0) is 53.6 Å². The molecule has 1 aliphatic carbocycles. The van der Waals surface area contributed by atoms with Crippen molar-refractivity contribution in [1.82, 2.24) is 0 Å². The van der Waals surface area contributed by atoms with Crippen LogP contribution in [0.5, 0.6) is 0 Å². The molecule has 1 aromatic heterocycles. The SMILES string of the molecule is C[N+]1=C(C=Cc2cccs2)C(C)(CC2CCCC2)c2c1ccc1ccccc21. The molecule has 1 nitrogen and oxygen atoms in total. The molecule has 0 N–H and O–H groups in total. The molecule has 5 rings (SSSR count). The molecule has 3 aromatic rings. The van der Waals surface area contributed by atoms with Crippen LogP contribution in [0, 0.1) is 5.92 Å². The van der Waals surface area contributed by atoms with Crippen molar-refractivity contribution in [3.8, 4) is 0 Å². The van der Waals surface area contributed by atoms with Crippen LogP contribution in [0.15, 0.2) is 60.0 Å². The first-order valence-corrected chi connectivity index (χ1v) is 11.4. The topological polar surface area (TPSA) is 3.01 Å². The van der Waals surface area contributed by atoms with Gasteiger partial charge in [0, 0.05) is 22.6 Å². The molecule has 0 amide bonds. The molecule has 0 radical (unpaired) electrons. The van der Waals surface area contributed by atoms with Crippen LogP contribution < -0.4 is 0 Å². The predicted molar refractivity (Wildman–Crippen MR) is 122 cm³/mol. The van der Waals surface area contributed by atoms with Gasteiger partial charge in [0.25, 0.3) is 0 Å². The molecule has 1 atom stereocenters. The summed E-state index contributed by atoms with van der Waals surface area (Å²) in [7, 11) is 2.25.